The number of pyridine rings is 2. The van der Waals surface area contributed by atoms with Crippen molar-refractivity contribution in [1.82, 2.24) is 29.6 Å². The van der Waals surface area contributed by atoms with Gasteiger partial charge in [0.25, 0.3) is 5.91 Å². The number of aryl methyl sites for hydroxylation is 1. The average Bonchev–Trinajstić information content (AvgIpc) is 3.27. The molecule has 0 saturated carbocycles. The molecule has 222 valence electrons. The van der Waals surface area contributed by atoms with Crippen LogP contribution < -0.4 is 15.6 Å². The van der Waals surface area contributed by atoms with Crippen molar-refractivity contribution < 1.29 is 9.18 Å². The topological polar surface area (TPSA) is 91.0 Å². The minimum absolute atomic E-state index is 0.196. The molecule has 1 saturated heterocycles. The number of carbonyl (C=O) groups excluding carboxylic acids is 1. The van der Waals surface area contributed by atoms with E-state index in [0.717, 1.165) is 54.3 Å². The van der Waals surface area contributed by atoms with E-state index in [-0.39, 0.29) is 12.5 Å². The van der Waals surface area contributed by atoms with Crippen molar-refractivity contribution in [2.24, 2.45) is 4.99 Å². The number of halogens is 1. The Morgan fingerprint density at radius 1 is 1.02 bits per heavy atom. The Labute approximate surface area is 257 Å². The van der Waals surface area contributed by atoms with Crippen molar-refractivity contribution in [2.75, 3.05) is 38.1 Å². The molecule has 5 heterocycles. The zero-order valence-electron chi connectivity index (χ0n) is 24.5. The maximum absolute atomic E-state index is 14.3. The number of likely N-dealkylation sites (N-methyl/N-ethyl adjacent to an activating group) is 1. The first-order valence-corrected chi connectivity index (χ1v) is 15.4. The third-order valence-electron chi connectivity index (χ3n) is 7.88. The van der Waals surface area contributed by atoms with Crippen LogP contribution in [0.5, 0.6) is 0 Å². The van der Waals surface area contributed by atoms with Crippen LogP contribution in [0.3, 0.4) is 0 Å². The molecule has 1 N–H and O–H groups in total. The Bertz CT molecular complexity index is 2090. The van der Waals surface area contributed by atoms with Gasteiger partial charge in [0.1, 0.15) is 27.7 Å². The summed E-state index contributed by atoms with van der Waals surface area (Å²) in [5.41, 5.74) is 3.90. The van der Waals surface area contributed by atoms with Gasteiger partial charge < -0.3 is 15.1 Å². The van der Waals surface area contributed by atoms with Gasteiger partial charge in [-0.2, -0.15) is 0 Å². The van der Waals surface area contributed by atoms with Gasteiger partial charge in [-0.1, -0.05) is 18.2 Å². The molecule has 6 aromatic rings. The molecule has 0 atom stereocenters. The van der Waals surface area contributed by atoms with Crippen LogP contribution in [0, 0.1) is 12.7 Å². The predicted molar refractivity (Wildman–Crippen MR) is 172 cm³/mol. The molecule has 0 radical (unpaired) electrons. The van der Waals surface area contributed by atoms with Crippen LogP contribution in [0.25, 0.3) is 26.1 Å². The van der Waals surface area contributed by atoms with Gasteiger partial charge in [-0.15, -0.1) is 11.3 Å². The number of hydrogen-bond donors (Lipinski definition) is 1. The van der Waals surface area contributed by atoms with E-state index >= 15 is 0 Å². The van der Waals surface area contributed by atoms with Gasteiger partial charge in [0.2, 0.25) is 0 Å². The predicted octanol–water partition coefficient (Wildman–Crippen LogP) is 5.24. The van der Waals surface area contributed by atoms with Gasteiger partial charge in [-0.3, -0.25) is 19.2 Å². The fourth-order valence-corrected chi connectivity index (χ4v) is 6.79. The number of hydrogen-bond acceptors (Lipinski definition) is 8. The molecular formula is C33H31FN8OS. The summed E-state index contributed by atoms with van der Waals surface area (Å²) in [5, 5.41) is 4.18. The molecular weight excluding hydrogens is 575 g/mol. The van der Waals surface area contributed by atoms with Crippen molar-refractivity contribution in [3.63, 3.8) is 0 Å². The number of rotatable bonds is 5. The van der Waals surface area contributed by atoms with Crippen LogP contribution >= 0.6 is 11.3 Å². The van der Waals surface area contributed by atoms with Crippen LogP contribution in [0.15, 0.2) is 78.0 Å². The summed E-state index contributed by atoms with van der Waals surface area (Å²) in [4.78, 5) is 38.3. The quantitative estimate of drug-likeness (QED) is 0.289. The van der Waals surface area contributed by atoms with Gasteiger partial charge in [-0.05, 0) is 69.4 Å². The number of nitrogens with zero attached hydrogens (tertiary/aromatic N) is 7. The van der Waals surface area contributed by atoms with Crippen LogP contribution in [0.4, 0.5) is 15.9 Å². The van der Waals surface area contributed by atoms with Crippen molar-refractivity contribution in [1.29, 1.82) is 0 Å². The smallest absolute Gasteiger partial charge is 0.256 e. The number of para-hydroxylation sites is 1. The second kappa shape index (κ2) is 11.7. The van der Waals surface area contributed by atoms with Crippen LogP contribution in [0.2, 0.25) is 0 Å². The first-order valence-electron chi connectivity index (χ1n) is 14.6. The van der Waals surface area contributed by atoms with E-state index in [9.17, 15) is 9.18 Å². The summed E-state index contributed by atoms with van der Waals surface area (Å²) in [6.07, 6.45) is 4.38. The highest BCUT2D eigenvalue weighted by molar-refractivity contribution is 7.24. The summed E-state index contributed by atoms with van der Waals surface area (Å²) in [6.45, 7) is 5.84. The highest BCUT2D eigenvalue weighted by atomic mass is 32.1. The van der Waals surface area contributed by atoms with E-state index in [0.29, 0.717) is 38.2 Å². The van der Waals surface area contributed by atoms with E-state index < -0.39 is 5.82 Å². The van der Waals surface area contributed by atoms with Crippen LogP contribution in [0.1, 0.15) is 28.2 Å². The zero-order valence-corrected chi connectivity index (χ0v) is 25.3. The third-order valence-corrected chi connectivity index (χ3v) is 9.02. The highest BCUT2D eigenvalue weighted by Crippen LogP contribution is 2.32. The van der Waals surface area contributed by atoms with Crippen molar-refractivity contribution in [3.8, 4) is 0 Å². The monoisotopic (exact) mass is 606 g/mol. The van der Waals surface area contributed by atoms with E-state index in [1.807, 2.05) is 43.3 Å². The van der Waals surface area contributed by atoms with Gasteiger partial charge in [-0.25, -0.2) is 14.4 Å². The summed E-state index contributed by atoms with van der Waals surface area (Å²) in [6, 6.07) is 18.2. The number of carbonyl (C=O) groups is 1. The summed E-state index contributed by atoms with van der Waals surface area (Å²) in [7, 11) is 2.15. The Morgan fingerprint density at radius 2 is 1.91 bits per heavy atom. The average molecular weight is 607 g/mol. The Balaban J connectivity index is 1.48. The van der Waals surface area contributed by atoms with E-state index in [4.69, 9.17) is 9.98 Å². The fourth-order valence-electron chi connectivity index (χ4n) is 5.61. The first-order chi connectivity index (χ1) is 21.4. The number of thiazole rings is 1. The third kappa shape index (κ3) is 5.40. The molecule has 7 rings (SSSR count). The van der Waals surface area contributed by atoms with E-state index in [2.05, 4.69) is 36.5 Å². The minimum atomic E-state index is -0.400. The second-order valence-corrected chi connectivity index (χ2v) is 12.1. The largest absolute Gasteiger partial charge is 0.355 e. The number of aromatic nitrogens is 4. The lowest BCUT2D eigenvalue weighted by Crippen LogP contribution is -2.31. The SMILES string of the molecule is Cc1cnc(CNC(=O)c2c(=Nc3cccc(F)c3)c3ccc(N4CCCN(C)CC4)nc3n3c2sc2ccccc23)cn1. The van der Waals surface area contributed by atoms with E-state index in [1.165, 1.54) is 23.5 Å². The molecule has 1 amide bonds. The number of nitrogens with one attached hydrogen (secondary N) is 1. The maximum atomic E-state index is 14.3. The lowest BCUT2D eigenvalue weighted by molar-refractivity contribution is 0.0951. The zero-order chi connectivity index (χ0) is 30.2. The molecule has 0 bridgehead atoms. The molecule has 1 aliphatic heterocycles. The van der Waals surface area contributed by atoms with Crippen molar-refractivity contribution in [2.45, 2.75) is 19.9 Å². The minimum Gasteiger partial charge on any atom is -0.355 e. The number of fused-ring (bicyclic) bond motifs is 5. The normalized spacial score (nSPS) is 14.9. The Morgan fingerprint density at radius 3 is 2.75 bits per heavy atom. The molecule has 1 fully saturated rings. The molecule has 9 nitrogen and oxygen atoms in total. The lowest BCUT2D eigenvalue weighted by atomic mass is 10.1. The Kier molecular flexibility index (Phi) is 7.49. The number of benzene rings is 2. The lowest BCUT2D eigenvalue weighted by Gasteiger charge is -2.22. The molecule has 2 aromatic carbocycles. The van der Waals surface area contributed by atoms with Gasteiger partial charge in [0.05, 0.1) is 45.4 Å². The molecule has 44 heavy (non-hydrogen) atoms. The molecule has 0 aliphatic carbocycles. The fraction of sp³-hybridized carbons (Fsp3) is 0.242. The van der Waals surface area contributed by atoms with Gasteiger partial charge in [0.15, 0.2) is 0 Å². The molecule has 0 unspecified atom stereocenters. The van der Waals surface area contributed by atoms with Crippen molar-refractivity contribution in [3.05, 3.63) is 101 Å². The Hall–Kier alpha value is -4.74. The van der Waals surface area contributed by atoms with Crippen molar-refractivity contribution >= 4 is 54.8 Å². The van der Waals surface area contributed by atoms with Gasteiger partial charge >= 0.3 is 0 Å². The standard InChI is InChI=1S/C33H31FN8OS/c1-21-18-36-24(19-35-21)20-37-32(43)29-30(38-23-8-5-7-22(34)17-23)25-11-12-28(41-14-6-13-40(2)15-16-41)39-31(25)42-26-9-3-4-10-27(26)44-33(29)42/h3-5,7-12,17-19H,6,13-16,20H2,1-2H3,(H,37,43). The van der Waals surface area contributed by atoms with Crippen LogP contribution in [-0.4, -0.2) is 63.4 Å². The van der Waals surface area contributed by atoms with Gasteiger partial charge in [0, 0.05) is 31.2 Å². The summed E-state index contributed by atoms with van der Waals surface area (Å²) in [5.74, 6) is 0.167. The van der Waals surface area contributed by atoms with Crippen LogP contribution in [-0.2, 0) is 6.54 Å². The summed E-state index contributed by atoms with van der Waals surface area (Å²) < 4.78 is 17.4. The molecule has 4 aromatic heterocycles. The summed E-state index contributed by atoms with van der Waals surface area (Å²) >= 11 is 1.51. The second-order valence-electron chi connectivity index (χ2n) is 11.0. The first kappa shape index (κ1) is 28.1. The number of amides is 1. The molecule has 11 heteroatoms. The maximum Gasteiger partial charge on any atom is 0.256 e. The van der Waals surface area contributed by atoms with E-state index in [1.54, 1.807) is 24.5 Å². The molecule has 1 aliphatic rings. The number of anilines is 1. The molecule has 0 spiro atoms. The highest BCUT2D eigenvalue weighted by Gasteiger charge is 2.23.